The number of nitrogens with zero attached hydrogens (tertiary/aromatic N) is 2. The van der Waals surface area contributed by atoms with Crippen LogP contribution in [0.4, 0.5) is 0 Å². The van der Waals surface area contributed by atoms with Crippen molar-refractivity contribution < 1.29 is 17.9 Å². The van der Waals surface area contributed by atoms with Gasteiger partial charge < -0.3 is 9.64 Å². The molecule has 6 nitrogen and oxygen atoms in total. The molecule has 0 aromatic heterocycles. The first kappa shape index (κ1) is 17.8. The highest BCUT2D eigenvalue weighted by atomic mass is 32.2. The smallest absolute Gasteiger partial charge is 0.253 e. The summed E-state index contributed by atoms with van der Waals surface area (Å²) in [7, 11) is -3.52. The van der Waals surface area contributed by atoms with Crippen LogP contribution in [0.3, 0.4) is 0 Å². The maximum atomic E-state index is 12.8. The van der Waals surface area contributed by atoms with Crippen molar-refractivity contribution in [2.45, 2.75) is 4.90 Å². The molecule has 7 heteroatoms. The van der Waals surface area contributed by atoms with Crippen LogP contribution in [-0.2, 0) is 14.8 Å². The third-order valence-electron chi connectivity index (χ3n) is 4.81. The average Bonchev–Trinajstić information content (AvgIpc) is 2.73. The summed E-state index contributed by atoms with van der Waals surface area (Å²) in [6.07, 6.45) is 1.86. The fraction of sp³-hybridized carbons (Fsp3) is 0.250. The lowest BCUT2D eigenvalue weighted by Crippen LogP contribution is -2.51. The van der Waals surface area contributed by atoms with Crippen molar-refractivity contribution in [3.8, 4) is 5.75 Å². The molecule has 1 fully saturated rings. The Morgan fingerprint density at radius 3 is 2.30 bits per heavy atom. The molecule has 1 saturated heterocycles. The zero-order valence-electron chi connectivity index (χ0n) is 14.7. The number of hydrogen-bond donors (Lipinski definition) is 0. The van der Waals surface area contributed by atoms with E-state index in [-0.39, 0.29) is 30.5 Å². The second-order valence-electron chi connectivity index (χ2n) is 6.51. The molecule has 0 spiro atoms. The Bertz CT molecular complexity index is 978. The van der Waals surface area contributed by atoms with E-state index in [2.05, 4.69) is 0 Å². The van der Waals surface area contributed by atoms with E-state index in [4.69, 9.17) is 4.74 Å². The van der Waals surface area contributed by atoms with Gasteiger partial charge in [0.15, 0.2) is 0 Å². The fourth-order valence-electron chi connectivity index (χ4n) is 3.32. The van der Waals surface area contributed by atoms with Gasteiger partial charge in [-0.1, -0.05) is 36.4 Å². The third-order valence-corrected chi connectivity index (χ3v) is 6.73. The zero-order valence-corrected chi connectivity index (χ0v) is 15.6. The van der Waals surface area contributed by atoms with Crippen molar-refractivity contribution in [1.82, 2.24) is 9.21 Å². The second kappa shape index (κ2) is 7.17. The molecule has 0 aliphatic carbocycles. The SMILES string of the molecule is O=C(C1=Cc2ccccc2OC1)N1CCN(S(=O)(=O)c2ccccc2)CC1. The van der Waals surface area contributed by atoms with E-state index in [1.54, 1.807) is 35.2 Å². The maximum Gasteiger partial charge on any atom is 0.253 e. The number of fused-ring (bicyclic) bond motifs is 1. The molecule has 27 heavy (non-hydrogen) atoms. The molecule has 0 unspecified atom stereocenters. The molecule has 0 bridgehead atoms. The Kier molecular flexibility index (Phi) is 4.72. The van der Waals surface area contributed by atoms with Crippen LogP contribution in [0.2, 0.25) is 0 Å². The van der Waals surface area contributed by atoms with E-state index >= 15 is 0 Å². The first-order valence-electron chi connectivity index (χ1n) is 8.82. The van der Waals surface area contributed by atoms with E-state index in [1.165, 1.54) is 4.31 Å². The van der Waals surface area contributed by atoms with Crippen LogP contribution in [0.5, 0.6) is 5.75 Å². The number of rotatable bonds is 3. The molecule has 2 aliphatic heterocycles. The minimum atomic E-state index is -3.52. The van der Waals surface area contributed by atoms with Gasteiger partial charge in [0.05, 0.1) is 10.5 Å². The molecule has 140 valence electrons. The first-order chi connectivity index (χ1) is 13.1. The van der Waals surface area contributed by atoms with Crippen molar-refractivity contribution in [3.63, 3.8) is 0 Å². The Morgan fingerprint density at radius 2 is 1.56 bits per heavy atom. The standard InChI is InChI=1S/C20H20N2O4S/c23-20(17-14-16-6-4-5-9-19(16)26-15-17)21-10-12-22(13-11-21)27(24,25)18-7-2-1-3-8-18/h1-9,14H,10-13,15H2. The van der Waals surface area contributed by atoms with Crippen molar-refractivity contribution in [2.24, 2.45) is 0 Å². The van der Waals surface area contributed by atoms with Gasteiger partial charge in [0.2, 0.25) is 10.0 Å². The lowest BCUT2D eigenvalue weighted by Gasteiger charge is -2.34. The van der Waals surface area contributed by atoms with Crippen molar-refractivity contribution in [2.75, 3.05) is 32.8 Å². The van der Waals surface area contributed by atoms with E-state index in [9.17, 15) is 13.2 Å². The van der Waals surface area contributed by atoms with Gasteiger partial charge in [-0.3, -0.25) is 4.79 Å². The van der Waals surface area contributed by atoms with Gasteiger partial charge in [-0.2, -0.15) is 4.31 Å². The van der Waals surface area contributed by atoms with Gasteiger partial charge in [-0.15, -0.1) is 0 Å². The minimum Gasteiger partial charge on any atom is -0.488 e. The number of para-hydroxylation sites is 1. The van der Waals surface area contributed by atoms with Gasteiger partial charge >= 0.3 is 0 Å². The van der Waals surface area contributed by atoms with E-state index < -0.39 is 10.0 Å². The van der Waals surface area contributed by atoms with Crippen molar-refractivity contribution in [3.05, 3.63) is 65.7 Å². The molecule has 0 radical (unpaired) electrons. The number of sulfonamides is 1. The van der Waals surface area contributed by atoms with Gasteiger partial charge in [0, 0.05) is 31.7 Å². The molecule has 0 N–H and O–H groups in total. The van der Waals surface area contributed by atoms with Crippen LogP contribution < -0.4 is 4.74 Å². The molecule has 2 aliphatic rings. The highest BCUT2D eigenvalue weighted by Gasteiger charge is 2.31. The van der Waals surface area contributed by atoms with Crippen LogP contribution >= 0.6 is 0 Å². The number of benzene rings is 2. The molecule has 2 heterocycles. The molecule has 4 rings (SSSR count). The topological polar surface area (TPSA) is 66.9 Å². The molecule has 1 amide bonds. The minimum absolute atomic E-state index is 0.0961. The molecule has 0 atom stereocenters. The number of hydrogen-bond acceptors (Lipinski definition) is 4. The zero-order chi connectivity index (χ0) is 18.9. The number of ether oxygens (including phenoxy) is 1. The Balaban J connectivity index is 1.44. The maximum absolute atomic E-state index is 12.8. The largest absolute Gasteiger partial charge is 0.488 e. The quantitative estimate of drug-likeness (QED) is 0.812. The van der Waals surface area contributed by atoms with E-state index in [0.29, 0.717) is 18.7 Å². The first-order valence-corrected chi connectivity index (χ1v) is 10.3. The van der Waals surface area contributed by atoms with Crippen molar-refractivity contribution in [1.29, 1.82) is 0 Å². The van der Waals surface area contributed by atoms with Gasteiger partial charge in [-0.25, -0.2) is 8.42 Å². The lowest BCUT2D eigenvalue weighted by atomic mass is 10.1. The molecule has 0 saturated carbocycles. The summed E-state index contributed by atoms with van der Waals surface area (Å²) in [5, 5.41) is 0. The third kappa shape index (κ3) is 3.48. The summed E-state index contributed by atoms with van der Waals surface area (Å²) < 4.78 is 32.5. The van der Waals surface area contributed by atoms with Crippen LogP contribution in [0.15, 0.2) is 65.1 Å². The second-order valence-corrected chi connectivity index (χ2v) is 8.44. The number of piperazine rings is 1. The summed E-state index contributed by atoms with van der Waals surface area (Å²) in [4.78, 5) is 14.8. The fourth-order valence-corrected chi connectivity index (χ4v) is 4.76. The Labute approximate surface area is 158 Å². The monoisotopic (exact) mass is 384 g/mol. The van der Waals surface area contributed by atoms with Gasteiger partial charge in [0.1, 0.15) is 12.4 Å². The van der Waals surface area contributed by atoms with E-state index in [1.807, 2.05) is 30.3 Å². The summed E-state index contributed by atoms with van der Waals surface area (Å²) >= 11 is 0. The van der Waals surface area contributed by atoms with Crippen molar-refractivity contribution >= 4 is 22.0 Å². The molecule has 2 aromatic carbocycles. The Hall–Kier alpha value is -2.64. The lowest BCUT2D eigenvalue weighted by molar-refractivity contribution is -0.128. The van der Waals surface area contributed by atoms with Crippen LogP contribution in [0, 0.1) is 0 Å². The Morgan fingerprint density at radius 1 is 0.889 bits per heavy atom. The van der Waals surface area contributed by atoms with Gasteiger partial charge in [0.25, 0.3) is 5.91 Å². The van der Waals surface area contributed by atoms with Crippen LogP contribution in [-0.4, -0.2) is 56.3 Å². The highest BCUT2D eigenvalue weighted by Crippen LogP contribution is 2.27. The van der Waals surface area contributed by atoms with Gasteiger partial charge in [-0.05, 0) is 24.3 Å². The van der Waals surface area contributed by atoms with Crippen LogP contribution in [0.1, 0.15) is 5.56 Å². The molecular formula is C20H20N2O4S. The average molecular weight is 384 g/mol. The predicted molar refractivity (Wildman–Crippen MR) is 102 cm³/mol. The highest BCUT2D eigenvalue weighted by molar-refractivity contribution is 7.89. The number of carbonyl (C=O) groups excluding carboxylic acids is 1. The normalized spacial score (nSPS) is 17.6. The molecule has 2 aromatic rings. The summed E-state index contributed by atoms with van der Waals surface area (Å²) in [5.74, 6) is 0.675. The predicted octanol–water partition coefficient (Wildman–Crippen LogP) is 2.00. The molecular weight excluding hydrogens is 364 g/mol. The number of amides is 1. The summed E-state index contributed by atoms with van der Waals surface area (Å²) in [6.45, 7) is 1.54. The van der Waals surface area contributed by atoms with Crippen LogP contribution in [0.25, 0.3) is 6.08 Å². The van der Waals surface area contributed by atoms with E-state index in [0.717, 1.165) is 11.3 Å². The summed E-state index contributed by atoms with van der Waals surface area (Å²) in [6, 6.07) is 16.0. The number of carbonyl (C=O) groups is 1. The summed E-state index contributed by atoms with van der Waals surface area (Å²) in [5.41, 5.74) is 1.48.